The molecule has 2 aliphatic rings. The van der Waals surface area contributed by atoms with Crippen molar-refractivity contribution < 1.29 is 14.6 Å². The highest BCUT2D eigenvalue weighted by atomic mass is 79.9. The molecule has 0 atom stereocenters. The Morgan fingerprint density at radius 1 is 1.35 bits per heavy atom. The summed E-state index contributed by atoms with van der Waals surface area (Å²) in [4.78, 5) is 18.8. The second kappa shape index (κ2) is 6.88. The molecule has 0 aromatic heterocycles. The van der Waals surface area contributed by atoms with E-state index in [0.29, 0.717) is 27.7 Å². The monoisotopic (exact) mass is 440 g/mol. The molecule has 1 aromatic rings. The third-order valence-electron chi connectivity index (χ3n) is 3.60. The first-order chi connectivity index (χ1) is 11.1. The summed E-state index contributed by atoms with van der Waals surface area (Å²) in [5.41, 5.74) is 1.35. The Morgan fingerprint density at radius 3 is 2.83 bits per heavy atom. The van der Waals surface area contributed by atoms with E-state index in [1.807, 2.05) is 11.0 Å². The van der Waals surface area contributed by atoms with Crippen LogP contribution in [-0.4, -0.2) is 41.7 Å². The molecule has 0 spiro atoms. The summed E-state index contributed by atoms with van der Waals surface area (Å²) in [7, 11) is 0. The zero-order valence-corrected chi connectivity index (χ0v) is 15.3. The Labute approximate surface area is 150 Å². The number of halogens is 2. The number of hydrogen-bond donors (Lipinski definition) is 1. The number of allylic oxidation sites excluding steroid dienone is 1. The van der Waals surface area contributed by atoms with Crippen molar-refractivity contribution in [3.8, 4) is 5.75 Å². The first-order valence-corrected chi connectivity index (χ1v) is 8.66. The maximum Gasteiger partial charge on any atom is 0.182 e. The molecular weight excluding hydrogens is 428 g/mol. The topological polar surface area (TPSA) is 62.1 Å². The summed E-state index contributed by atoms with van der Waals surface area (Å²) in [5, 5.41) is 9.76. The van der Waals surface area contributed by atoms with Gasteiger partial charge in [-0.3, -0.25) is 9.79 Å². The molecule has 2 heterocycles. The van der Waals surface area contributed by atoms with Gasteiger partial charge in [0.15, 0.2) is 5.78 Å². The van der Waals surface area contributed by atoms with Crippen LogP contribution in [0.1, 0.15) is 16.8 Å². The van der Waals surface area contributed by atoms with Gasteiger partial charge in [-0.25, -0.2) is 0 Å². The van der Waals surface area contributed by atoms with Gasteiger partial charge in [0, 0.05) is 18.2 Å². The molecule has 5 nitrogen and oxygen atoms in total. The summed E-state index contributed by atoms with van der Waals surface area (Å²) in [6.45, 7) is 1.40. The number of nitrogens with zero attached hydrogens (tertiary/aromatic N) is 2. The van der Waals surface area contributed by atoms with E-state index < -0.39 is 0 Å². The zero-order valence-electron chi connectivity index (χ0n) is 12.1. The van der Waals surface area contributed by atoms with Gasteiger partial charge in [0.25, 0.3) is 0 Å². The largest absolute Gasteiger partial charge is 0.506 e. The molecule has 1 aromatic carbocycles. The van der Waals surface area contributed by atoms with Gasteiger partial charge in [0.05, 0.1) is 33.9 Å². The van der Waals surface area contributed by atoms with E-state index in [1.54, 1.807) is 24.5 Å². The molecule has 7 heteroatoms. The number of benzene rings is 1. The maximum atomic E-state index is 12.6. The summed E-state index contributed by atoms with van der Waals surface area (Å²) in [6.07, 6.45) is 6.21. The standard InChI is InChI=1S/C16H14Br2N2O3/c17-11-6-10(7-12(18)16(11)22)14(21)9-20-4-5-23-15-2-1-3-19-8-13(15)20/h2-3,6-8,22H,1,4-5,9H2. The van der Waals surface area contributed by atoms with E-state index >= 15 is 0 Å². The molecular formula is C16H14Br2N2O3. The van der Waals surface area contributed by atoms with E-state index in [2.05, 4.69) is 36.9 Å². The van der Waals surface area contributed by atoms with Crippen molar-refractivity contribution >= 4 is 43.9 Å². The summed E-state index contributed by atoms with van der Waals surface area (Å²) >= 11 is 6.50. The number of ether oxygens (including phenoxy) is 1. The number of morpholine rings is 1. The average Bonchev–Trinajstić information content (AvgIpc) is 2.78. The number of carbonyl (C=O) groups excluding carboxylic acids is 1. The van der Waals surface area contributed by atoms with E-state index in [-0.39, 0.29) is 18.1 Å². The number of aromatic hydroxyl groups is 1. The van der Waals surface area contributed by atoms with Crippen LogP contribution in [0.5, 0.6) is 5.75 Å². The molecule has 0 radical (unpaired) electrons. The highest BCUT2D eigenvalue weighted by Crippen LogP contribution is 2.33. The van der Waals surface area contributed by atoms with Crippen LogP contribution in [0.4, 0.5) is 0 Å². The van der Waals surface area contributed by atoms with Crippen molar-refractivity contribution in [2.75, 3.05) is 19.7 Å². The van der Waals surface area contributed by atoms with Gasteiger partial charge in [-0.1, -0.05) is 0 Å². The van der Waals surface area contributed by atoms with Crippen molar-refractivity contribution in [3.63, 3.8) is 0 Å². The Morgan fingerprint density at radius 2 is 2.09 bits per heavy atom. The fourth-order valence-electron chi connectivity index (χ4n) is 2.42. The molecule has 120 valence electrons. The fraction of sp³-hybridized carbons (Fsp3) is 0.250. The van der Waals surface area contributed by atoms with E-state index in [9.17, 15) is 9.90 Å². The van der Waals surface area contributed by atoms with Crippen LogP contribution in [0, 0.1) is 0 Å². The van der Waals surface area contributed by atoms with Crippen LogP contribution in [0.3, 0.4) is 0 Å². The second-order valence-electron chi connectivity index (χ2n) is 5.13. The van der Waals surface area contributed by atoms with Gasteiger partial charge < -0.3 is 14.7 Å². The molecule has 3 rings (SSSR count). The highest BCUT2D eigenvalue weighted by molar-refractivity contribution is 9.11. The van der Waals surface area contributed by atoms with E-state index in [1.165, 1.54) is 0 Å². The number of hydrogen-bond acceptors (Lipinski definition) is 5. The lowest BCUT2D eigenvalue weighted by Crippen LogP contribution is -2.37. The van der Waals surface area contributed by atoms with Crippen LogP contribution < -0.4 is 0 Å². The predicted octanol–water partition coefficient (Wildman–Crippen LogP) is 3.63. The quantitative estimate of drug-likeness (QED) is 0.727. The van der Waals surface area contributed by atoms with Crippen molar-refractivity contribution in [2.24, 2.45) is 4.99 Å². The highest BCUT2D eigenvalue weighted by Gasteiger charge is 2.24. The van der Waals surface area contributed by atoms with Crippen LogP contribution in [-0.2, 0) is 4.74 Å². The first kappa shape index (κ1) is 16.3. The Balaban J connectivity index is 1.82. The fourth-order valence-corrected chi connectivity index (χ4v) is 3.61. The summed E-state index contributed by atoms with van der Waals surface area (Å²) in [5.74, 6) is 0.815. The molecule has 0 aliphatic carbocycles. The van der Waals surface area contributed by atoms with Gasteiger partial charge in [0.1, 0.15) is 18.1 Å². The zero-order chi connectivity index (χ0) is 16.4. The van der Waals surface area contributed by atoms with Crippen molar-refractivity contribution in [1.29, 1.82) is 0 Å². The van der Waals surface area contributed by atoms with E-state index in [0.717, 1.165) is 17.9 Å². The summed E-state index contributed by atoms with van der Waals surface area (Å²) in [6, 6.07) is 3.25. The predicted molar refractivity (Wildman–Crippen MR) is 94.6 cm³/mol. The molecule has 0 saturated carbocycles. The number of aliphatic imine (C=N–C) groups is 1. The number of ketones is 1. The number of Topliss-reactive ketones (excluding diaryl/α,β-unsaturated/α-hetero) is 1. The van der Waals surface area contributed by atoms with Crippen LogP contribution >= 0.6 is 31.9 Å². The average molecular weight is 442 g/mol. The summed E-state index contributed by atoms with van der Waals surface area (Å²) < 4.78 is 6.61. The lowest BCUT2D eigenvalue weighted by Gasteiger charge is -2.32. The Bertz CT molecular complexity index is 718. The van der Waals surface area contributed by atoms with Gasteiger partial charge in [-0.2, -0.15) is 0 Å². The molecule has 2 aliphatic heterocycles. The van der Waals surface area contributed by atoms with Crippen LogP contribution in [0.2, 0.25) is 0 Å². The molecule has 1 N–H and O–H groups in total. The van der Waals surface area contributed by atoms with Gasteiger partial charge in [0.2, 0.25) is 0 Å². The molecule has 1 fully saturated rings. The molecule has 1 saturated heterocycles. The minimum atomic E-state index is -0.0400. The number of phenolic OH excluding ortho intramolecular Hbond substituents is 1. The number of phenols is 1. The van der Waals surface area contributed by atoms with E-state index in [4.69, 9.17) is 4.74 Å². The van der Waals surface area contributed by atoms with Gasteiger partial charge in [-0.15, -0.1) is 0 Å². The minimum absolute atomic E-state index is 0.0400. The normalized spacial score (nSPS) is 16.9. The van der Waals surface area contributed by atoms with Crippen molar-refractivity contribution in [3.05, 3.63) is 50.4 Å². The number of rotatable bonds is 3. The van der Waals surface area contributed by atoms with Gasteiger partial charge >= 0.3 is 0 Å². The lowest BCUT2D eigenvalue weighted by atomic mass is 10.1. The first-order valence-electron chi connectivity index (χ1n) is 7.07. The lowest BCUT2D eigenvalue weighted by molar-refractivity contribution is 0.0873. The molecule has 0 amide bonds. The van der Waals surface area contributed by atoms with Crippen LogP contribution in [0.15, 0.2) is 49.8 Å². The van der Waals surface area contributed by atoms with Gasteiger partial charge in [-0.05, 0) is 50.1 Å². The number of carbonyl (C=O) groups is 1. The number of fused-ring (bicyclic) bond motifs is 1. The third-order valence-corrected chi connectivity index (χ3v) is 4.81. The Hall–Kier alpha value is -1.60. The SMILES string of the molecule is O=C(CN1CCOC2=CCC=NC=C21)c1cc(Br)c(O)c(Br)c1. The smallest absolute Gasteiger partial charge is 0.182 e. The molecule has 0 bridgehead atoms. The third kappa shape index (κ3) is 3.50. The molecule has 0 unspecified atom stereocenters. The van der Waals surface area contributed by atoms with Crippen LogP contribution in [0.25, 0.3) is 0 Å². The Kier molecular flexibility index (Phi) is 4.87. The minimum Gasteiger partial charge on any atom is -0.506 e. The second-order valence-corrected chi connectivity index (χ2v) is 6.84. The van der Waals surface area contributed by atoms with Crippen molar-refractivity contribution in [1.82, 2.24) is 4.90 Å². The molecule has 23 heavy (non-hydrogen) atoms. The van der Waals surface area contributed by atoms with Crippen molar-refractivity contribution in [2.45, 2.75) is 6.42 Å². The maximum absolute atomic E-state index is 12.6.